The van der Waals surface area contributed by atoms with Gasteiger partial charge in [-0.1, -0.05) is 6.92 Å². The summed E-state index contributed by atoms with van der Waals surface area (Å²) in [6.07, 6.45) is 2.91. The summed E-state index contributed by atoms with van der Waals surface area (Å²) < 4.78 is 21.2. The Morgan fingerprint density at radius 2 is 1.83 bits per heavy atom. The quantitative estimate of drug-likeness (QED) is 0.279. The zero-order chi connectivity index (χ0) is 17.5. The van der Waals surface area contributed by atoms with E-state index in [4.69, 9.17) is 18.0 Å². The van der Waals surface area contributed by atoms with Crippen molar-refractivity contribution in [3.63, 3.8) is 0 Å². The third-order valence-corrected chi connectivity index (χ3v) is 10.3. The molecule has 0 aromatic heterocycles. The number of ether oxygens (including phenoxy) is 1. The first-order valence-electron chi connectivity index (χ1n) is 8.42. The van der Waals surface area contributed by atoms with Gasteiger partial charge in [0.2, 0.25) is 0 Å². The van der Waals surface area contributed by atoms with Crippen molar-refractivity contribution in [2.45, 2.75) is 37.5 Å². The highest BCUT2D eigenvalue weighted by Crippen LogP contribution is 2.65. The van der Waals surface area contributed by atoms with Gasteiger partial charge in [-0.2, -0.15) is 11.8 Å². The molecule has 5 atom stereocenters. The molecule has 0 aromatic rings. The Kier molecular flexibility index (Phi) is 5.14. The van der Waals surface area contributed by atoms with E-state index in [1.807, 2.05) is 11.8 Å². The van der Waals surface area contributed by atoms with Crippen molar-refractivity contribution in [2.75, 3.05) is 27.1 Å². The van der Waals surface area contributed by atoms with Crippen molar-refractivity contribution in [1.82, 2.24) is 0 Å². The molecule has 0 N–H and O–H groups in total. The first-order valence-corrected chi connectivity index (χ1v) is 11.4. The average molecular weight is 375 g/mol. The van der Waals surface area contributed by atoms with Gasteiger partial charge < -0.3 is 18.0 Å². The zero-order valence-corrected chi connectivity index (χ0v) is 16.5. The molecule has 3 fully saturated rings. The normalized spacial score (nSPS) is 37.8. The summed E-state index contributed by atoms with van der Waals surface area (Å²) in [6.45, 7) is 2.14. The van der Waals surface area contributed by atoms with E-state index in [-0.39, 0.29) is 35.1 Å². The number of thioether (sulfide) groups is 1. The van der Waals surface area contributed by atoms with E-state index in [0.717, 1.165) is 31.1 Å². The molecule has 5 unspecified atom stereocenters. The van der Waals surface area contributed by atoms with Crippen molar-refractivity contribution in [2.24, 2.45) is 23.2 Å². The number of hydrogen-bond donors (Lipinski definition) is 0. The summed E-state index contributed by atoms with van der Waals surface area (Å²) in [7, 11) is 2.39. The Morgan fingerprint density at radius 1 is 1.17 bits per heavy atom. The molecule has 1 heterocycles. The van der Waals surface area contributed by atoms with Crippen molar-refractivity contribution in [1.29, 1.82) is 0 Å². The maximum absolute atomic E-state index is 12.0. The number of carbonyl (C=O) groups excluding carboxylic acids is 2. The molecule has 0 radical (unpaired) electrons. The molecule has 6 nitrogen and oxygen atoms in total. The minimum atomic E-state index is -2.50. The molecule has 3 aliphatic rings. The van der Waals surface area contributed by atoms with E-state index < -0.39 is 8.80 Å². The van der Waals surface area contributed by atoms with Crippen LogP contribution in [0.1, 0.15) is 26.2 Å². The van der Waals surface area contributed by atoms with Crippen LogP contribution in [-0.2, 0) is 27.6 Å². The molecule has 0 aromatic carbocycles. The second-order valence-electron chi connectivity index (χ2n) is 7.28. The lowest BCUT2D eigenvalue weighted by atomic mass is 9.72. The summed E-state index contributed by atoms with van der Waals surface area (Å²) in [4.78, 5) is 24.0. The van der Waals surface area contributed by atoms with Crippen LogP contribution in [0.4, 0.5) is 0 Å². The third-order valence-electron chi connectivity index (χ3n) is 6.04. The van der Waals surface area contributed by atoms with Crippen LogP contribution < -0.4 is 0 Å². The van der Waals surface area contributed by atoms with Gasteiger partial charge in [0.05, 0.1) is 11.8 Å². The summed E-state index contributed by atoms with van der Waals surface area (Å²) >= 11 is 1.91. The van der Waals surface area contributed by atoms with Gasteiger partial charge in [0.1, 0.15) is 0 Å². The molecule has 3 rings (SSSR count). The minimum Gasteiger partial charge on any atom is -0.393 e. The largest absolute Gasteiger partial charge is 0.500 e. The predicted molar refractivity (Wildman–Crippen MR) is 91.4 cm³/mol. The van der Waals surface area contributed by atoms with E-state index in [1.54, 1.807) is 21.3 Å². The van der Waals surface area contributed by atoms with Gasteiger partial charge in [-0.05, 0) is 36.3 Å². The smallest absolute Gasteiger partial charge is 0.393 e. The topological polar surface area (TPSA) is 71.1 Å². The molecule has 2 aliphatic carbocycles. The predicted octanol–water partition coefficient (Wildman–Crippen LogP) is 2.10. The molecule has 8 heteroatoms. The van der Waals surface area contributed by atoms with E-state index in [9.17, 15) is 9.59 Å². The summed E-state index contributed by atoms with van der Waals surface area (Å²) in [6, 6.07) is 0.782. The fraction of sp³-hybridized carbons (Fsp3) is 0.875. The summed E-state index contributed by atoms with van der Waals surface area (Å²) in [5.74, 6) is 0.241. The molecule has 2 saturated carbocycles. The van der Waals surface area contributed by atoms with Crippen LogP contribution in [0, 0.1) is 23.2 Å². The van der Waals surface area contributed by atoms with E-state index in [1.165, 1.54) is 0 Å². The van der Waals surface area contributed by atoms with Crippen molar-refractivity contribution < 1.29 is 27.6 Å². The Morgan fingerprint density at radius 3 is 2.46 bits per heavy atom. The monoisotopic (exact) mass is 374 g/mol. The van der Waals surface area contributed by atoms with E-state index in [2.05, 4.69) is 6.92 Å². The van der Waals surface area contributed by atoms with Crippen LogP contribution in [0.2, 0.25) is 6.04 Å². The van der Waals surface area contributed by atoms with Crippen LogP contribution in [0.25, 0.3) is 0 Å². The van der Waals surface area contributed by atoms with Gasteiger partial charge in [0, 0.05) is 32.6 Å². The van der Waals surface area contributed by atoms with Crippen molar-refractivity contribution >= 4 is 32.5 Å². The Hall–Kier alpha value is -0.413. The van der Waals surface area contributed by atoms with Gasteiger partial charge >= 0.3 is 20.7 Å². The Bertz CT molecular complexity index is 516. The molecule has 1 saturated heterocycles. The lowest BCUT2D eigenvalue weighted by molar-refractivity contribution is -0.155. The van der Waals surface area contributed by atoms with Crippen molar-refractivity contribution in [3.05, 3.63) is 0 Å². The lowest BCUT2D eigenvalue weighted by Gasteiger charge is -2.32. The Balaban J connectivity index is 1.54. The minimum absolute atomic E-state index is 0.0691. The maximum atomic E-state index is 12.0. The number of carbonyl (C=O) groups is 2. The SMILES string of the molecule is CO[Si](CCCSC1CC2(C)CC1C1C(=O)OC(=O)C12)(OC)OC. The standard InChI is InChI=1S/C16H26O6SSi/c1-16-8-10(12-13(16)15(18)22-14(12)17)11(9-16)23-6-5-7-24(19-2,20-3)21-4/h10-13H,5-9H2,1-4H3. The Labute approximate surface area is 148 Å². The fourth-order valence-electron chi connectivity index (χ4n) is 4.89. The molecule has 2 bridgehead atoms. The highest BCUT2D eigenvalue weighted by molar-refractivity contribution is 7.99. The molecular formula is C16H26O6SSi. The number of cyclic esters (lactones) is 2. The van der Waals surface area contributed by atoms with Gasteiger partial charge in [0.25, 0.3) is 0 Å². The highest BCUT2D eigenvalue weighted by Gasteiger charge is 2.68. The number of rotatable bonds is 8. The van der Waals surface area contributed by atoms with E-state index in [0.29, 0.717) is 5.25 Å². The maximum Gasteiger partial charge on any atom is 0.500 e. The summed E-state index contributed by atoms with van der Waals surface area (Å²) in [5, 5.41) is 0.429. The van der Waals surface area contributed by atoms with Crippen LogP contribution >= 0.6 is 11.8 Å². The first kappa shape index (κ1) is 18.4. The number of esters is 2. The molecule has 136 valence electrons. The van der Waals surface area contributed by atoms with Crippen LogP contribution in [0.3, 0.4) is 0 Å². The van der Waals surface area contributed by atoms with Gasteiger partial charge in [0.15, 0.2) is 0 Å². The molecule has 0 spiro atoms. The second kappa shape index (κ2) is 6.72. The molecule has 24 heavy (non-hydrogen) atoms. The lowest BCUT2D eigenvalue weighted by Crippen LogP contribution is -2.42. The molecule has 1 aliphatic heterocycles. The molecule has 0 amide bonds. The average Bonchev–Trinajstić information content (AvgIpc) is 3.16. The van der Waals surface area contributed by atoms with Crippen LogP contribution in [0.5, 0.6) is 0 Å². The van der Waals surface area contributed by atoms with E-state index >= 15 is 0 Å². The third kappa shape index (κ3) is 2.86. The number of fused-ring (bicyclic) bond motifs is 5. The van der Waals surface area contributed by atoms with Crippen LogP contribution in [-0.4, -0.2) is 53.1 Å². The zero-order valence-electron chi connectivity index (χ0n) is 14.7. The number of hydrogen-bond acceptors (Lipinski definition) is 7. The highest BCUT2D eigenvalue weighted by atomic mass is 32.2. The van der Waals surface area contributed by atoms with Gasteiger partial charge in [-0.15, -0.1) is 0 Å². The van der Waals surface area contributed by atoms with Crippen LogP contribution in [0.15, 0.2) is 0 Å². The summed E-state index contributed by atoms with van der Waals surface area (Å²) in [5.41, 5.74) is -0.0691. The van der Waals surface area contributed by atoms with Gasteiger partial charge in [-0.25, -0.2) is 0 Å². The second-order valence-corrected chi connectivity index (χ2v) is 11.7. The first-order chi connectivity index (χ1) is 11.4. The molecular weight excluding hydrogens is 348 g/mol. The fourth-order valence-corrected chi connectivity index (χ4v) is 8.50. The van der Waals surface area contributed by atoms with Gasteiger partial charge in [-0.3, -0.25) is 9.59 Å². The van der Waals surface area contributed by atoms with Crippen molar-refractivity contribution in [3.8, 4) is 0 Å².